The van der Waals surface area contributed by atoms with E-state index in [4.69, 9.17) is 23.6 Å². The lowest BCUT2D eigenvalue weighted by Crippen LogP contribution is -2.29. The largest absolute Gasteiger partial charge is 0.472 e. The second kappa shape index (κ2) is 46.7. The van der Waals surface area contributed by atoms with Gasteiger partial charge in [0, 0.05) is 12.8 Å². The van der Waals surface area contributed by atoms with Gasteiger partial charge >= 0.3 is 19.8 Å². The molecule has 0 fully saturated rings. The minimum atomic E-state index is -4.62. The van der Waals surface area contributed by atoms with Gasteiger partial charge in [0.05, 0.1) is 19.8 Å². The Bertz CT molecular complexity index is 1020. The number of ether oxygens (including phenoxy) is 2. The summed E-state index contributed by atoms with van der Waals surface area (Å²) in [4.78, 5) is 35.2. The summed E-state index contributed by atoms with van der Waals surface area (Å²) < 4.78 is 32.9. The zero-order valence-corrected chi connectivity index (χ0v) is 40.5. The van der Waals surface area contributed by atoms with Crippen molar-refractivity contribution >= 4 is 19.8 Å². The summed E-state index contributed by atoms with van der Waals surface area (Å²) in [5.41, 5.74) is 0. The molecule has 0 rings (SSSR count). The minimum Gasteiger partial charge on any atom is -0.462 e. The molecule has 0 saturated heterocycles. The van der Waals surface area contributed by atoms with Crippen LogP contribution >= 0.6 is 7.82 Å². The summed E-state index contributed by atoms with van der Waals surface area (Å²) in [7, 11) is -4.62. The van der Waals surface area contributed by atoms with E-state index in [0.29, 0.717) is 12.8 Å². The molecule has 0 bridgehead atoms. The third-order valence-corrected chi connectivity index (χ3v) is 12.4. The standard InChI is InChI=1S/C50H97O10P/c1-3-5-7-9-11-13-15-17-19-21-23-25-27-29-31-33-35-37-39-41-49(53)57-45-48(46-59-61(55,56)58-44-47(52)43-51)60-50(54)42-40-38-36-34-32-30-28-26-24-22-20-18-16-14-12-10-8-6-4-2/h18,20,47-48,51-52H,3-17,19,21-46H2,1-2H3,(H,55,56)/b20-18+/t47-,48+/m0/s1. The molecule has 3 atom stereocenters. The Labute approximate surface area is 375 Å². The first-order valence-corrected chi connectivity index (χ1v) is 27.1. The molecule has 10 nitrogen and oxygen atoms in total. The van der Waals surface area contributed by atoms with Crippen molar-refractivity contribution in [2.45, 2.75) is 270 Å². The normalized spacial score (nSPS) is 13.7. The lowest BCUT2D eigenvalue weighted by atomic mass is 10.0. The Balaban J connectivity index is 4.15. The summed E-state index contributed by atoms with van der Waals surface area (Å²) in [6.07, 6.45) is 47.5. The van der Waals surface area contributed by atoms with Crippen LogP contribution in [0.2, 0.25) is 0 Å². The van der Waals surface area contributed by atoms with Gasteiger partial charge in [-0.3, -0.25) is 18.6 Å². The number of allylic oxidation sites excluding steroid dienone is 2. The lowest BCUT2D eigenvalue weighted by molar-refractivity contribution is -0.161. The van der Waals surface area contributed by atoms with Crippen molar-refractivity contribution < 1.29 is 47.8 Å². The topological polar surface area (TPSA) is 149 Å². The zero-order chi connectivity index (χ0) is 44.8. The number of aliphatic hydroxyl groups is 2. The smallest absolute Gasteiger partial charge is 0.462 e. The SMILES string of the molecule is CCCCCCCC/C=C/CCCCCCCCCCCC(=O)O[C@H](COC(=O)CCCCCCCCCCCCCCCCCCCCC)COP(=O)(O)OC[C@@H](O)CO. The molecule has 0 aliphatic carbocycles. The van der Waals surface area contributed by atoms with Crippen molar-refractivity contribution in [2.24, 2.45) is 0 Å². The number of rotatable bonds is 49. The van der Waals surface area contributed by atoms with Gasteiger partial charge in [0.25, 0.3) is 0 Å². The van der Waals surface area contributed by atoms with Crippen LogP contribution in [0.1, 0.15) is 258 Å². The van der Waals surface area contributed by atoms with E-state index < -0.39 is 51.8 Å². The lowest BCUT2D eigenvalue weighted by Gasteiger charge is -2.20. The Morgan fingerprint density at radius 1 is 0.475 bits per heavy atom. The van der Waals surface area contributed by atoms with Gasteiger partial charge < -0.3 is 24.6 Å². The molecule has 1 unspecified atom stereocenters. The maximum absolute atomic E-state index is 12.7. The molecule has 0 aliphatic rings. The van der Waals surface area contributed by atoms with Crippen LogP contribution in [0, 0.1) is 0 Å². The van der Waals surface area contributed by atoms with Crippen LogP contribution in [0.5, 0.6) is 0 Å². The van der Waals surface area contributed by atoms with Gasteiger partial charge in [0.2, 0.25) is 0 Å². The van der Waals surface area contributed by atoms with E-state index in [-0.39, 0.29) is 19.4 Å². The summed E-state index contributed by atoms with van der Waals surface area (Å²) in [5, 5.41) is 18.4. The van der Waals surface area contributed by atoms with Crippen molar-refractivity contribution in [3.63, 3.8) is 0 Å². The quantitative estimate of drug-likeness (QED) is 0.0233. The highest BCUT2D eigenvalue weighted by Gasteiger charge is 2.27. The first kappa shape index (κ1) is 59.7. The van der Waals surface area contributed by atoms with Crippen molar-refractivity contribution in [2.75, 3.05) is 26.4 Å². The molecular weight excluding hydrogens is 792 g/mol. The van der Waals surface area contributed by atoms with E-state index in [1.54, 1.807) is 0 Å². The van der Waals surface area contributed by atoms with Crippen molar-refractivity contribution in [3.8, 4) is 0 Å². The molecule has 11 heteroatoms. The fraction of sp³-hybridized carbons (Fsp3) is 0.920. The van der Waals surface area contributed by atoms with Crippen LogP contribution in [-0.2, 0) is 32.7 Å². The molecule has 0 amide bonds. The predicted molar refractivity (Wildman–Crippen MR) is 252 cm³/mol. The maximum Gasteiger partial charge on any atom is 0.472 e. The van der Waals surface area contributed by atoms with Crippen LogP contribution in [0.4, 0.5) is 0 Å². The van der Waals surface area contributed by atoms with E-state index in [1.807, 2.05) is 0 Å². The van der Waals surface area contributed by atoms with Gasteiger partial charge in [0.1, 0.15) is 12.7 Å². The van der Waals surface area contributed by atoms with Gasteiger partial charge in [-0.1, -0.05) is 219 Å². The van der Waals surface area contributed by atoms with Gasteiger partial charge in [-0.05, 0) is 38.5 Å². The Kier molecular flexibility index (Phi) is 45.7. The molecule has 3 N–H and O–H groups in total. The zero-order valence-electron chi connectivity index (χ0n) is 39.7. The number of aliphatic hydroxyl groups excluding tert-OH is 2. The number of unbranched alkanes of at least 4 members (excludes halogenated alkanes) is 33. The second-order valence-corrected chi connectivity index (χ2v) is 19.0. The molecule has 61 heavy (non-hydrogen) atoms. The molecular formula is C50H97O10P. The third-order valence-electron chi connectivity index (χ3n) is 11.4. The van der Waals surface area contributed by atoms with Crippen LogP contribution in [0.15, 0.2) is 12.2 Å². The highest BCUT2D eigenvalue weighted by Crippen LogP contribution is 2.43. The molecule has 0 aromatic carbocycles. The van der Waals surface area contributed by atoms with Gasteiger partial charge in [-0.2, -0.15) is 0 Å². The number of carbonyl (C=O) groups is 2. The van der Waals surface area contributed by atoms with Crippen LogP contribution < -0.4 is 0 Å². The Morgan fingerprint density at radius 3 is 1.18 bits per heavy atom. The molecule has 0 aromatic rings. The van der Waals surface area contributed by atoms with E-state index in [1.165, 1.54) is 186 Å². The molecule has 0 spiro atoms. The predicted octanol–water partition coefficient (Wildman–Crippen LogP) is 14.3. The van der Waals surface area contributed by atoms with E-state index >= 15 is 0 Å². The van der Waals surface area contributed by atoms with Gasteiger partial charge in [0.15, 0.2) is 6.10 Å². The molecule has 0 aliphatic heterocycles. The number of phosphoric ester groups is 1. The number of hydrogen-bond acceptors (Lipinski definition) is 9. The molecule has 362 valence electrons. The fourth-order valence-electron chi connectivity index (χ4n) is 7.46. The van der Waals surface area contributed by atoms with E-state index in [0.717, 1.165) is 32.1 Å². The number of hydrogen-bond donors (Lipinski definition) is 3. The maximum atomic E-state index is 12.7. The summed E-state index contributed by atoms with van der Waals surface area (Å²) >= 11 is 0. The number of esters is 2. The highest BCUT2D eigenvalue weighted by molar-refractivity contribution is 7.47. The highest BCUT2D eigenvalue weighted by atomic mass is 31.2. The first-order chi connectivity index (χ1) is 29.7. The second-order valence-electron chi connectivity index (χ2n) is 17.6. The third kappa shape index (κ3) is 46.5. The summed E-state index contributed by atoms with van der Waals surface area (Å²) in [6, 6.07) is 0. The number of phosphoric acid groups is 1. The summed E-state index contributed by atoms with van der Waals surface area (Å²) in [5.74, 6) is -0.910. The van der Waals surface area contributed by atoms with Crippen molar-refractivity contribution in [1.29, 1.82) is 0 Å². The Hall–Kier alpha value is -1.29. The van der Waals surface area contributed by atoms with Crippen molar-refractivity contribution in [3.05, 3.63) is 12.2 Å². The van der Waals surface area contributed by atoms with Gasteiger partial charge in [-0.15, -0.1) is 0 Å². The molecule has 0 saturated carbocycles. The van der Waals surface area contributed by atoms with E-state index in [9.17, 15) is 24.2 Å². The molecule has 0 heterocycles. The monoisotopic (exact) mass is 889 g/mol. The average molecular weight is 889 g/mol. The molecule has 0 radical (unpaired) electrons. The summed E-state index contributed by atoms with van der Waals surface area (Å²) in [6.45, 7) is 2.43. The fourth-order valence-corrected chi connectivity index (χ4v) is 8.25. The van der Waals surface area contributed by atoms with Crippen LogP contribution in [0.25, 0.3) is 0 Å². The minimum absolute atomic E-state index is 0.187. The van der Waals surface area contributed by atoms with E-state index in [2.05, 4.69) is 26.0 Å². The van der Waals surface area contributed by atoms with Crippen LogP contribution in [0.3, 0.4) is 0 Å². The molecule has 0 aromatic heterocycles. The average Bonchev–Trinajstić information content (AvgIpc) is 3.25. The Morgan fingerprint density at radius 2 is 0.803 bits per heavy atom. The number of carbonyl (C=O) groups excluding carboxylic acids is 2. The van der Waals surface area contributed by atoms with Gasteiger partial charge in [-0.25, -0.2) is 4.57 Å². The van der Waals surface area contributed by atoms with Crippen molar-refractivity contribution in [1.82, 2.24) is 0 Å². The first-order valence-electron chi connectivity index (χ1n) is 25.6. The van der Waals surface area contributed by atoms with Crippen LogP contribution in [-0.4, -0.2) is 65.7 Å².